The maximum atomic E-state index is 12.1. The van der Waals surface area contributed by atoms with Gasteiger partial charge in [0.05, 0.1) is 11.0 Å². The molecule has 5 nitrogen and oxygen atoms in total. The van der Waals surface area contributed by atoms with Crippen molar-refractivity contribution in [1.29, 1.82) is 0 Å². The van der Waals surface area contributed by atoms with Gasteiger partial charge < -0.3 is 15.6 Å². The molecular weight excluding hydrogens is 347 g/mol. The predicted molar refractivity (Wildman–Crippen MR) is 102 cm³/mol. The molecule has 3 N–H and O–H groups in total. The highest BCUT2D eigenvalue weighted by Gasteiger charge is 2.22. The lowest BCUT2D eigenvalue weighted by Crippen LogP contribution is -2.48. The number of H-pyrrole nitrogens is 1. The van der Waals surface area contributed by atoms with Crippen LogP contribution >= 0.6 is 24.8 Å². The molecule has 24 heavy (non-hydrogen) atoms. The highest BCUT2D eigenvalue weighted by atomic mass is 35.5. The molecule has 0 bridgehead atoms. The fourth-order valence-corrected chi connectivity index (χ4v) is 3.08. The zero-order valence-electron chi connectivity index (χ0n) is 14.1. The SMILES string of the molecule is Cc1cccc2[nH]c(CCC(=O)NC3CCNCC3C)nc12.Cl.Cl. The number of nitrogens with zero attached hydrogens (tertiary/aromatic N) is 1. The van der Waals surface area contributed by atoms with Crippen LogP contribution in [-0.2, 0) is 11.2 Å². The molecule has 7 heteroatoms. The van der Waals surface area contributed by atoms with Crippen molar-refractivity contribution in [3.05, 3.63) is 29.6 Å². The Morgan fingerprint density at radius 3 is 2.88 bits per heavy atom. The molecule has 2 heterocycles. The number of aryl methyl sites for hydroxylation is 2. The molecule has 2 unspecified atom stereocenters. The maximum Gasteiger partial charge on any atom is 0.220 e. The van der Waals surface area contributed by atoms with Crippen molar-refractivity contribution < 1.29 is 4.79 Å². The van der Waals surface area contributed by atoms with Gasteiger partial charge in [-0.1, -0.05) is 19.1 Å². The fraction of sp³-hybridized carbons (Fsp3) is 0.529. The van der Waals surface area contributed by atoms with Gasteiger partial charge in [0.1, 0.15) is 5.82 Å². The molecule has 1 aliphatic heterocycles. The summed E-state index contributed by atoms with van der Waals surface area (Å²) in [5.41, 5.74) is 3.21. The molecule has 0 saturated carbocycles. The van der Waals surface area contributed by atoms with Gasteiger partial charge in [0.2, 0.25) is 5.91 Å². The number of para-hydroxylation sites is 1. The van der Waals surface area contributed by atoms with Gasteiger partial charge >= 0.3 is 0 Å². The second kappa shape index (κ2) is 9.25. The molecule has 1 aromatic heterocycles. The van der Waals surface area contributed by atoms with Gasteiger partial charge in [-0.3, -0.25) is 4.79 Å². The lowest BCUT2D eigenvalue weighted by atomic mass is 9.95. The Morgan fingerprint density at radius 1 is 1.38 bits per heavy atom. The van der Waals surface area contributed by atoms with E-state index in [4.69, 9.17) is 0 Å². The number of aromatic amines is 1. The van der Waals surface area contributed by atoms with Gasteiger partial charge in [-0.15, -0.1) is 24.8 Å². The molecule has 0 radical (unpaired) electrons. The van der Waals surface area contributed by atoms with Gasteiger partial charge in [-0.05, 0) is 44.0 Å². The van der Waals surface area contributed by atoms with E-state index < -0.39 is 0 Å². The Morgan fingerprint density at radius 2 is 2.17 bits per heavy atom. The minimum absolute atomic E-state index is 0. The lowest BCUT2D eigenvalue weighted by Gasteiger charge is -2.30. The Bertz CT molecular complexity index is 674. The van der Waals surface area contributed by atoms with Crippen LogP contribution in [0.15, 0.2) is 18.2 Å². The number of carbonyl (C=O) groups excluding carboxylic acids is 1. The fourth-order valence-electron chi connectivity index (χ4n) is 3.08. The zero-order valence-corrected chi connectivity index (χ0v) is 15.7. The molecule has 2 atom stereocenters. The van der Waals surface area contributed by atoms with E-state index in [1.807, 2.05) is 12.1 Å². The summed E-state index contributed by atoms with van der Waals surface area (Å²) in [6, 6.07) is 6.39. The first-order chi connectivity index (χ1) is 10.6. The number of nitrogens with one attached hydrogen (secondary N) is 3. The standard InChI is InChI=1S/C17H24N4O.2ClH/c1-11-4-3-5-14-17(11)21-15(19-14)6-7-16(22)20-13-8-9-18-10-12(13)2;;/h3-5,12-13,18H,6-10H2,1-2H3,(H,19,21)(H,20,22);2*1H. The number of rotatable bonds is 4. The molecule has 1 amide bonds. The number of hydrogen-bond acceptors (Lipinski definition) is 3. The number of aromatic nitrogens is 2. The smallest absolute Gasteiger partial charge is 0.220 e. The van der Waals surface area contributed by atoms with Crippen LogP contribution in [0.4, 0.5) is 0 Å². The average Bonchev–Trinajstić information content (AvgIpc) is 2.92. The molecule has 1 aliphatic rings. The normalized spacial score (nSPS) is 20.1. The summed E-state index contributed by atoms with van der Waals surface area (Å²) in [7, 11) is 0. The van der Waals surface area contributed by atoms with E-state index in [2.05, 4.69) is 40.5 Å². The first kappa shape index (κ1) is 20.7. The summed E-state index contributed by atoms with van der Waals surface area (Å²) >= 11 is 0. The summed E-state index contributed by atoms with van der Waals surface area (Å²) in [5.74, 6) is 1.50. The van der Waals surface area contributed by atoms with Crippen LogP contribution in [0.2, 0.25) is 0 Å². The highest BCUT2D eigenvalue weighted by Crippen LogP contribution is 2.16. The van der Waals surface area contributed by atoms with Crippen molar-refractivity contribution in [3.8, 4) is 0 Å². The molecule has 1 aromatic carbocycles. The number of piperidine rings is 1. The van der Waals surface area contributed by atoms with Crippen LogP contribution in [0, 0.1) is 12.8 Å². The Hall–Kier alpha value is -1.30. The first-order valence-electron chi connectivity index (χ1n) is 8.08. The highest BCUT2D eigenvalue weighted by molar-refractivity contribution is 5.85. The molecule has 3 rings (SSSR count). The third-order valence-electron chi connectivity index (χ3n) is 4.48. The Kier molecular flexibility index (Phi) is 8.00. The van der Waals surface area contributed by atoms with Gasteiger partial charge in [0.15, 0.2) is 0 Å². The topological polar surface area (TPSA) is 69.8 Å². The predicted octanol–water partition coefficient (Wildman–Crippen LogP) is 2.76. The van der Waals surface area contributed by atoms with E-state index in [-0.39, 0.29) is 30.7 Å². The minimum atomic E-state index is 0. The lowest BCUT2D eigenvalue weighted by molar-refractivity contribution is -0.122. The number of benzene rings is 1. The average molecular weight is 373 g/mol. The Labute approximate surface area is 155 Å². The molecule has 134 valence electrons. The van der Waals surface area contributed by atoms with Crippen LogP contribution in [0.1, 0.15) is 31.2 Å². The quantitative estimate of drug-likeness (QED) is 0.772. The van der Waals surface area contributed by atoms with Crippen molar-refractivity contribution in [2.75, 3.05) is 13.1 Å². The first-order valence-corrected chi connectivity index (χ1v) is 8.08. The summed E-state index contributed by atoms with van der Waals surface area (Å²) in [6.45, 7) is 6.20. The number of amides is 1. The van der Waals surface area contributed by atoms with E-state index >= 15 is 0 Å². The maximum absolute atomic E-state index is 12.1. The number of carbonyl (C=O) groups is 1. The third-order valence-corrected chi connectivity index (χ3v) is 4.48. The summed E-state index contributed by atoms with van der Waals surface area (Å²) in [5, 5.41) is 6.51. The summed E-state index contributed by atoms with van der Waals surface area (Å²) < 4.78 is 0. The van der Waals surface area contributed by atoms with Crippen molar-refractivity contribution in [1.82, 2.24) is 20.6 Å². The van der Waals surface area contributed by atoms with Crippen LogP contribution in [0.5, 0.6) is 0 Å². The van der Waals surface area contributed by atoms with E-state index in [1.165, 1.54) is 0 Å². The molecule has 2 aromatic rings. The molecule has 1 saturated heterocycles. The summed E-state index contributed by atoms with van der Waals surface area (Å²) in [6.07, 6.45) is 2.14. The van der Waals surface area contributed by atoms with Gasteiger partial charge in [-0.2, -0.15) is 0 Å². The van der Waals surface area contributed by atoms with Crippen molar-refractivity contribution in [2.24, 2.45) is 5.92 Å². The second-order valence-electron chi connectivity index (χ2n) is 6.30. The molecule has 1 fully saturated rings. The van der Waals surface area contributed by atoms with Crippen LogP contribution in [0.25, 0.3) is 11.0 Å². The van der Waals surface area contributed by atoms with E-state index in [9.17, 15) is 4.79 Å². The zero-order chi connectivity index (χ0) is 15.5. The van der Waals surface area contributed by atoms with Crippen molar-refractivity contribution in [2.45, 2.75) is 39.2 Å². The molecule has 0 spiro atoms. The molecular formula is C17H26Cl2N4O. The number of halogens is 2. The van der Waals surface area contributed by atoms with Gasteiger partial charge in [0, 0.05) is 18.9 Å². The van der Waals surface area contributed by atoms with Crippen molar-refractivity contribution in [3.63, 3.8) is 0 Å². The largest absolute Gasteiger partial charge is 0.353 e. The van der Waals surface area contributed by atoms with Gasteiger partial charge in [0.25, 0.3) is 0 Å². The Balaban J connectivity index is 0.00000144. The van der Waals surface area contributed by atoms with E-state index in [0.29, 0.717) is 24.8 Å². The minimum Gasteiger partial charge on any atom is -0.353 e. The van der Waals surface area contributed by atoms with Crippen molar-refractivity contribution >= 4 is 41.8 Å². The summed E-state index contributed by atoms with van der Waals surface area (Å²) in [4.78, 5) is 20.0. The number of imidazole rings is 1. The van der Waals surface area contributed by atoms with Crippen LogP contribution < -0.4 is 10.6 Å². The monoisotopic (exact) mass is 372 g/mol. The van der Waals surface area contributed by atoms with Gasteiger partial charge in [-0.25, -0.2) is 4.98 Å². The number of hydrogen-bond donors (Lipinski definition) is 3. The van der Waals surface area contributed by atoms with Crippen LogP contribution in [0.3, 0.4) is 0 Å². The third kappa shape index (κ3) is 4.85. The molecule has 0 aliphatic carbocycles. The van der Waals surface area contributed by atoms with Crippen LogP contribution in [-0.4, -0.2) is 35.0 Å². The second-order valence-corrected chi connectivity index (χ2v) is 6.30. The van der Waals surface area contributed by atoms with E-state index in [0.717, 1.165) is 41.9 Å². The number of fused-ring (bicyclic) bond motifs is 1. The van der Waals surface area contributed by atoms with E-state index in [1.54, 1.807) is 0 Å².